The summed E-state index contributed by atoms with van der Waals surface area (Å²) in [4.78, 5) is 45.3. The summed E-state index contributed by atoms with van der Waals surface area (Å²) in [5.41, 5.74) is 3.13. The molecule has 3 aromatic rings. The number of benzene rings is 2. The molecular formula is C26H26N4O3. The first-order chi connectivity index (χ1) is 16.1. The van der Waals surface area contributed by atoms with E-state index in [2.05, 4.69) is 10.3 Å². The van der Waals surface area contributed by atoms with E-state index in [1.54, 1.807) is 17.2 Å². The van der Waals surface area contributed by atoms with Gasteiger partial charge in [-0.15, -0.1) is 0 Å². The molecule has 7 nitrogen and oxygen atoms in total. The Bertz CT molecular complexity index is 1210. The van der Waals surface area contributed by atoms with Crippen molar-refractivity contribution in [3.63, 3.8) is 0 Å². The van der Waals surface area contributed by atoms with Crippen LogP contribution in [0.5, 0.6) is 0 Å². The summed E-state index contributed by atoms with van der Waals surface area (Å²) in [5.74, 6) is 0.103. The van der Waals surface area contributed by atoms with E-state index in [0.29, 0.717) is 31.5 Å². The van der Waals surface area contributed by atoms with Crippen molar-refractivity contribution >= 4 is 40.0 Å². The number of hydrogen-bond donors (Lipinski definition) is 1. The standard InChI is InChI=1S/C26H26N4O3/c31-24-5-1-2-13-29(24)21-7-9-22(10-8-21)30-17-18(14-25(30)32)16-28-26(33)20-6-11-23-19(15-20)4-3-12-27-23/h3-4,6-12,15,18H,1-2,5,13-14,16-17H2,(H,28,33). The lowest BCUT2D eigenvalue weighted by Crippen LogP contribution is -2.35. The second kappa shape index (κ2) is 9.02. The van der Waals surface area contributed by atoms with Crippen molar-refractivity contribution in [2.45, 2.75) is 25.7 Å². The van der Waals surface area contributed by atoms with Gasteiger partial charge >= 0.3 is 0 Å². The molecule has 0 bridgehead atoms. The van der Waals surface area contributed by atoms with Gasteiger partial charge in [0, 0.05) is 66.9 Å². The van der Waals surface area contributed by atoms with E-state index in [1.165, 1.54) is 0 Å². The van der Waals surface area contributed by atoms with Gasteiger partial charge in [0.1, 0.15) is 0 Å². The first kappa shape index (κ1) is 21.1. The molecule has 2 saturated heterocycles. The predicted molar refractivity (Wildman–Crippen MR) is 127 cm³/mol. The molecule has 2 aromatic carbocycles. The highest BCUT2D eigenvalue weighted by Gasteiger charge is 2.31. The van der Waals surface area contributed by atoms with Crippen LogP contribution in [0.25, 0.3) is 10.9 Å². The summed E-state index contributed by atoms with van der Waals surface area (Å²) in [7, 11) is 0. The molecule has 0 radical (unpaired) electrons. The van der Waals surface area contributed by atoms with Gasteiger partial charge in [0.15, 0.2) is 0 Å². The molecule has 3 amide bonds. The lowest BCUT2D eigenvalue weighted by molar-refractivity contribution is -0.119. The van der Waals surface area contributed by atoms with Gasteiger partial charge in [-0.1, -0.05) is 6.07 Å². The molecule has 1 atom stereocenters. The fraction of sp³-hybridized carbons (Fsp3) is 0.308. The number of rotatable bonds is 5. The Balaban J connectivity index is 1.19. The van der Waals surface area contributed by atoms with Crippen LogP contribution in [-0.4, -0.2) is 42.3 Å². The Hall–Kier alpha value is -3.74. The molecule has 0 spiro atoms. The van der Waals surface area contributed by atoms with Crippen molar-refractivity contribution in [2.24, 2.45) is 5.92 Å². The maximum absolute atomic E-state index is 12.6. The van der Waals surface area contributed by atoms with Crippen LogP contribution in [-0.2, 0) is 9.59 Å². The Morgan fingerprint density at radius 2 is 1.76 bits per heavy atom. The van der Waals surface area contributed by atoms with Crippen molar-refractivity contribution in [1.29, 1.82) is 0 Å². The topological polar surface area (TPSA) is 82.6 Å². The highest BCUT2D eigenvalue weighted by atomic mass is 16.2. The molecule has 2 aliphatic rings. The highest BCUT2D eigenvalue weighted by molar-refractivity contribution is 5.99. The normalized spacial score (nSPS) is 18.7. The maximum atomic E-state index is 12.6. The molecular weight excluding hydrogens is 416 g/mol. The Morgan fingerprint density at radius 3 is 2.55 bits per heavy atom. The number of amides is 3. The van der Waals surface area contributed by atoms with Gasteiger partial charge in [-0.05, 0) is 61.4 Å². The third-order valence-corrected chi connectivity index (χ3v) is 6.42. The lowest BCUT2D eigenvalue weighted by Gasteiger charge is -2.27. The molecule has 1 unspecified atom stereocenters. The molecule has 2 aliphatic heterocycles. The number of nitrogens with one attached hydrogen (secondary N) is 1. The van der Waals surface area contributed by atoms with Crippen LogP contribution in [0.15, 0.2) is 60.8 Å². The number of nitrogens with zero attached hydrogens (tertiary/aromatic N) is 3. The smallest absolute Gasteiger partial charge is 0.251 e. The zero-order valence-corrected chi connectivity index (χ0v) is 18.4. The van der Waals surface area contributed by atoms with Crippen molar-refractivity contribution in [3.05, 3.63) is 66.4 Å². The number of carbonyl (C=O) groups is 3. The van der Waals surface area contributed by atoms with Gasteiger partial charge in [0.05, 0.1) is 5.52 Å². The van der Waals surface area contributed by atoms with Gasteiger partial charge in [0.2, 0.25) is 11.8 Å². The van der Waals surface area contributed by atoms with Crippen LogP contribution in [0, 0.1) is 5.92 Å². The second-order valence-electron chi connectivity index (χ2n) is 8.71. The third-order valence-electron chi connectivity index (χ3n) is 6.42. The van der Waals surface area contributed by atoms with E-state index < -0.39 is 0 Å². The van der Waals surface area contributed by atoms with Crippen LogP contribution in [0.2, 0.25) is 0 Å². The Labute approximate surface area is 192 Å². The minimum Gasteiger partial charge on any atom is -0.352 e. The average molecular weight is 443 g/mol. The van der Waals surface area contributed by atoms with Crippen LogP contribution in [0.4, 0.5) is 11.4 Å². The molecule has 7 heteroatoms. The van der Waals surface area contributed by atoms with E-state index in [0.717, 1.165) is 41.7 Å². The molecule has 5 rings (SSSR count). The van der Waals surface area contributed by atoms with Gasteiger partial charge in [-0.25, -0.2) is 0 Å². The summed E-state index contributed by atoms with van der Waals surface area (Å²) in [6, 6.07) is 16.8. The summed E-state index contributed by atoms with van der Waals surface area (Å²) in [6.07, 6.45) is 4.68. The van der Waals surface area contributed by atoms with E-state index >= 15 is 0 Å². The average Bonchev–Trinajstić information content (AvgIpc) is 3.23. The summed E-state index contributed by atoms with van der Waals surface area (Å²) in [6.45, 7) is 1.74. The molecule has 2 fully saturated rings. The van der Waals surface area contributed by atoms with Crippen LogP contribution in [0.1, 0.15) is 36.0 Å². The van der Waals surface area contributed by atoms with Gasteiger partial charge in [-0.2, -0.15) is 0 Å². The minimum absolute atomic E-state index is 0.0481. The number of piperidine rings is 1. The molecule has 0 saturated carbocycles. The number of fused-ring (bicyclic) bond motifs is 1. The zero-order valence-electron chi connectivity index (χ0n) is 18.4. The van der Waals surface area contributed by atoms with E-state index in [1.807, 2.05) is 53.4 Å². The van der Waals surface area contributed by atoms with Crippen LogP contribution >= 0.6 is 0 Å². The highest BCUT2D eigenvalue weighted by Crippen LogP contribution is 2.28. The number of hydrogen-bond acceptors (Lipinski definition) is 4. The predicted octanol–water partition coefficient (Wildman–Crippen LogP) is 3.53. The van der Waals surface area contributed by atoms with Crippen molar-refractivity contribution in [1.82, 2.24) is 10.3 Å². The molecule has 33 heavy (non-hydrogen) atoms. The molecule has 168 valence electrons. The van der Waals surface area contributed by atoms with E-state index in [-0.39, 0.29) is 23.6 Å². The fourth-order valence-corrected chi connectivity index (χ4v) is 4.62. The zero-order chi connectivity index (χ0) is 22.8. The van der Waals surface area contributed by atoms with Crippen molar-refractivity contribution < 1.29 is 14.4 Å². The van der Waals surface area contributed by atoms with Crippen LogP contribution < -0.4 is 15.1 Å². The van der Waals surface area contributed by atoms with Crippen molar-refractivity contribution in [3.8, 4) is 0 Å². The Morgan fingerprint density at radius 1 is 0.970 bits per heavy atom. The van der Waals surface area contributed by atoms with Gasteiger partial charge in [0.25, 0.3) is 5.91 Å². The summed E-state index contributed by atoms with van der Waals surface area (Å²) < 4.78 is 0. The maximum Gasteiger partial charge on any atom is 0.251 e. The van der Waals surface area contributed by atoms with Gasteiger partial charge in [-0.3, -0.25) is 19.4 Å². The largest absolute Gasteiger partial charge is 0.352 e. The lowest BCUT2D eigenvalue weighted by atomic mass is 10.1. The van der Waals surface area contributed by atoms with E-state index in [4.69, 9.17) is 0 Å². The molecule has 0 aliphatic carbocycles. The first-order valence-electron chi connectivity index (χ1n) is 11.4. The van der Waals surface area contributed by atoms with Crippen molar-refractivity contribution in [2.75, 3.05) is 29.4 Å². The number of anilines is 2. The fourth-order valence-electron chi connectivity index (χ4n) is 4.62. The monoisotopic (exact) mass is 442 g/mol. The molecule has 1 aromatic heterocycles. The molecule has 3 heterocycles. The third kappa shape index (κ3) is 4.44. The second-order valence-corrected chi connectivity index (χ2v) is 8.71. The first-order valence-corrected chi connectivity index (χ1v) is 11.4. The quantitative estimate of drug-likeness (QED) is 0.655. The molecule has 1 N–H and O–H groups in total. The Kier molecular flexibility index (Phi) is 5.77. The summed E-state index contributed by atoms with van der Waals surface area (Å²) in [5, 5.41) is 3.89. The minimum atomic E-state index is -0.151. The van der Waals surface area contributed by atoms with E-state index in [9.17, 15) is 14.4 Å². The number of pyridine rings is 1. The van der Waals surface area contributed by atoms with Gasteiger partial charge < -0.3 is 15.1 Å². The number of carbonyl (C=O) groups excluding carboxylic acids is 3. The SMILES string of the molecule is O=C(NCC1CC(=O)N(c2ccc(N3CCCCC3=O)cc2)C1)c1ccc2ncccc2c1. The summed E-state index contributed by atoms with van der Waals surface area (Å²) >= 11 is 0. The van der Waals surface area contributed by atoms with Crippen LogP contribution in [0.3, 0.4) is 0 Å². The number of aromatic nitrogens is 1.